The van der Waals surface area contributed by atoms with Crippen molar-refractivity contribution in [2.45, 2.75) is 50.5 Å². The van der Waals surface area contributed by atoms with Gasteiger partial charge in [-0.05, 0) is 37.7 Å². The molecule has 0 saturated heterocycles. The molecule has 1 aliphatic rings. The maximum atomic E-state index is 12.9. The molecule has 2 rings (SSSR count). The number of pyridine rings is 1. The number of aromatic nitrogens is 1. The van der Waals surface area contributed by atoms with Crippen LogP contribution in [0.15, 0.2) is 18.5 Å². The van der Waals surface area contributed by atoms with Crippen molar-refractivity contribution < 1.29 is 23.4 Å². The number of halogens is 3. The van der Waals surface area contributed by atoms with Gasteiger partial charge in [0.25, 0.3) is 0 Å². The lowest BCUT2D eigenvalue weighted by Crippen LogP contribution is -2.40. The molecule has 1 aliphatic carbocycles. The van der Waals surface area contributed by atoms with Crippen LogP contribution in [0.4, 0.5) is 13.2 Å². The average Bonchev–Trinajstić information content (AvgIpc) is 2.40. The fourth-order valence-corrected chi connectivity index (χ4v) is 2.71. The highest BCUT2D eigenvalue weighted by Gasteiger charge is 2.43. The third-order valence-corrected chi connectivity index (χ3v) is 4.10. The van der Waals surface area contributed by atoms with E-state index < -0.39 is 23.4 Å². The quantitative estimate of drug-likeness (QED) is 0.879. The molecular formula is C14H18F3NO2. The number of nitrogens with zero attached hydrogens (tertiary/aromatic N) is 1. The van der Waals surface area contributed by atoms with Crippen molar-refractivity contribution in [3.8, 4) is 0 Å². The topological polar surface area (TPSA) is 53.4 Å². The number of aliphatic hydroxyl groups excluding tert-OH is 1. The summed E-state index contributed by atoms with van der Waals surface area (Å²) in [5.41, 5.74) is -2.79. The summed E-state index contributed by atoms with van der Waals surface area (Å²) >= 11 is 0. The molecule has 20 heavy (non-hydrogen) atoms. The fourth-order valence-electron chi connectivity index (χ4n) is 2.71. The van der Waals surface area contributed by atoms with Gasteiger partial charge in [-0.1, -0.05) is 6.92 Å². The summed E-state index contributed by atoms with van der Waals surface area (Å²) in [5.74, 6) is 0.415. The van der Waals surface area contributed by atoms with E-state index in [0.717, 1.165) is 18.5 Å². The Morgan fingerprint density at radius 2 is 1.95 bits per heavy atom. The van der Waals surface area contributed by atoms with Gasteiger partial charge in [-0.2, -0.15) is 13.2 Å². The average molecular weight is 289 g/mol. The van der Waals surface area contributed by atoms with Crippen molar-refractivity contribution in [1.29, 1.82) is 0 Å². The zero-order chi connectivity index (χ0) is 15.0. The molecule has 1 unspecified atom stereocenters. The largest absolute Gasteiger partial charge is 0.416 e. The van der Waals surface area contributed by atoms with Crippen LogP contribution in [0.25, 0.3) is 0 Å². The van der Waals surface area contributed by atoms with Gasteiger partial charge in [0.1, 0.15) is 6.10 Å². The number of alkyl halides is 3. The van der Waals surface area contributed by atoms with Crippen LogP contribution in [0.5, 0.6) is 0 Å². The van der Waals surface area contributed by atoms with Crippen LogP contribution in [0.3, 0.4) is 0 Å². The lowest BCUT2D eigenvalue weighted by Gasteiger charge is -2.39. The number of hydrogen-bond donors (Lipinski definition) is 2. The zero-order valence-corrected chi connectivity index (χ0v) is 11.2. The van der Waals surface area contributed by atoms with E-state index in [1.165, 1.54) is 0 Å². The monoisotopic (exact) mass is 289 g/mol. The minimum absolute atomic E-state index is 0.293. The molecule has 1 aromatic heterocycles. The normalized spacial score (nSPS) is 29.2. The van der Waals surface area contributed by atoms with Gasteiger partial charge < -0.3 is 10.2 Å². The summed E-state index contributed by atoms with van der Waals surface area (Å²) in [7, 11) is 0. The first-order valence-corrected chi connectivity index (χ1v) is 6.65. The Balaban J connectivity index is 2.32. The summed E-state index contributed by atoms with van der Waals surface area (Å²) in [5, 5.41) is 20.7. The minimum Gasteiger partial charge on any atom is -0.387 e. The predicted octanol–water partition coefficient (Wildman–Crippen LogP) is 3.08. The number of hydrogen-bond acceptors (Lipinski definition) is 3. The Bertz CT molecular complexity index is 468. The summed E-state index contributed by atoms with van der Waals surface area (Å²) in [6.45, 7) is 2.02. The highest BCUT2D eigenvalue weighted by atomic mass is 19.4. The molecule has 0 amide bonds. The van der Waals surface area contributed by atoms with Gasteiger partial charge in [-0.15, -0.1) is 0 Å². The Morgan fingerprint density at radius 3 is 2.50 bits per heavy atom. The smallest absolute Gasteiger partial charge is 0.387 e. The first kappa shape index (κ1) is 15.3. The Labute approximate surface area is 115 Å². The van der Waals surface area contributed by atoms with E-state index in [4.69, 9.17) is 0 Å². The van der Waals surface area contributed by atoms with Gasteiger partial charge in [0.2, 0.25) is 0 Å². The fraction of sp³-hybridized carbons (Fsp3) is 0.643. The summed E-state index contributed by atoms with van der Waals surface area (Å²) < 4.78 is 38.8. The Kier molecular flexibility index (Phi) is 4.07. The highest BCUT2D eigenvalue weighted by Crippen LogP contribution is 2.43. The molecule has 0 aromatic carbocycles. The maximum absolute atomic E-state index is 12.9. The van der Waals surface area contributed by atoms with Crippen LogP contribution >= 0.6 is 0 Å². The van der Waals surface area contributed by atoms with E-state index in [1.54, 1.807) is 0 Å². The molecule has 2 N–H and O–H groups in total. The van der Waals surface area contributed by atoms with Crippen LogP contribution in [-0.2, 0) is 6.18 Å². The molecule has 1 atom stereocenters. The molecule has 1 saturated carbocycles. The van der Waals surface area contributed by atoms with E-state index in [9.17, 15) is 23.4 Å². The molecular weight excluding hydrogens is 271 g/mol. The summed E-state index contributed by atoms with van der Waals surface area (Å²) in [6, 6.07) is 0.827. The first-order valence-electron chi connectivity index (χ1n) is 6.65. The molecule has 0 aliphatic heterocycles. The molecule has 6 heteroatoms. The van der Waals surface area contributed by atoms with E-state index in [1.807, 2.05) is 6.92 Å². The van der Waals surface area contributed by atoms with Crippen LogP contribution in [0.1, 0.15) is 49.8 Å². The van der Waals surface area contributed by atoms with Crippen molar-refractivity contribution in [3.05, 3.63) is 29.6 Å². The molecule has 1 heterocycles. The SMILES string of the molecule is CC1CCC(O)(C(O)c2cnccc2C(F)(F)F)CC1. The lowest BCUT2D eigenvalue weighted by atomic mass is 9.74. The van der Waals surface area contributed by atoms with Gasteiger partial charge in [0.15, 0.2) is 0 Å². The van der Waals surface area contributed by atoms with Crippen LogP contribution in [0.2, 0.25) is 0 Å². The van der Waals surface area contributed by atoms with Crippen molar-refractivity contribution in [2.24, 2.45) is 5.92 Å². The van der Waals surface area contributed by atoms with Gasteiger partial charge in [-0.25, -0.2) is 0 Å². The summed E-state index contributed by atoms with van der Waals surface area (Å²) in [6.07, 6.45) is -2.15. The predicted molar refractivity (Wildman–Crippen MR) is 66.8 cm³/mol. The Morgan fingerprint density at radius 1 is 1.35 bits per heavy atom. The number of aliphatic hydroxyl groups is 2. The van der Waals surface area contributed by atoms with Gasteiger partial charge in [0, 0.05) is 18.0 Å². The third kappa shape index (κ3) is 2.96. The lowest BCUT2D eigenvalue weighted by molar-refractivity contribution is -0.144. The molecule has 0 spiro atoms. The van der Waals surface area contributed by atoms with Crippen molar-refractivity contribution in [3.63, 3.8) is 0 Å². The van der Waals surface area contributed by atoms with Gasteiger partial charge in [0.05, 0.1) is 11.2 Å². The molecule has 0 bridgehead atoms. The number of rotatable bonds is 2. The standard InChI is InChI=1S/C14H18F3NO2/c1-9-2-5-13(20,6-3-9)12(19)10-8-18-7-4-11(10)14(15,16)17/h4,7-9,12,19-20H,2-3,5-6H2,1H3. The molecule has 1 fully saturated rings. The highest BCUT2D eigenvalue weighted by molar-refractivity contribution is 5.30. The summed E-state index contributed by atoms with van der Waals surface area (Å²) in [4.78, 5) is 3.65. The third-order valence-electron chi connectivity index (χ3n) is 4.10. The van der Waals surface area contributed by atoms with E-state index in [-0.39, 0.29) is 5.56 Å². The first-order chi connectivity index (χ1) is 9.24. The Hall–Kier alpha value is -1.14. The van der Waals surface area contributed by atoms with Crippen molar-refractivity contribution in [1.82, 2.24) is 4.98 Å². The van der Waals surface area contributed by atoms with E-state index >= 15 is 0 Å². The molecule has 1 aromatic rings. The molecule has 112 valence electrons. The van der Waals surface area contributed by atoms with Gasteiger partial charge >= 0.3 is 6.18 Å². The van der Waals surface area contributed by atoms with Crippen LogP contribution in [-0.4, -0.2) is 20.8 Å². The second-order valence-electron chi connectivity index (χ2n) is 5.65. The maximum Gasteiger partial charge on any atom is 0.416 e. The van der Waals surface area contributed by atoms with Crippen LogP contribution in [0, 0.1) is 5.92 Å². The second kappa shape index (κ2) is 5.33. The van der Waals surface area contributed by atoms with E-state index in [0.29, 0.717) is 31.6 Å². The minimum atomic E-state index is -4.57. The molecule has 3 nitrogen and oxygen atoms in total. The second-order valence-corrected chi connectivity index (χ2v) is 5.65. The van der Waals surface area contributed by atoms with Crippen molar-refractivity contribution in [2.75, 3.05) is 0 Å². The van der Waals surface area contributed by atoms with Crippen molar-refractivity contribution >= 4 is 0 Å². The van der Waals surface area contributed by atoms with Gasteiger partial charge in [-0.3, -0.25) is 4.98 Å². The zero-order valence-electron chi connectivity index (χ0n) is 11.2. The van der Waals surface area contributed by atoms with Crippen LogP contribution < -0.4 is 0 Å². The van der Waals surface area contributed by atoms with E-state index in [2.05, 4.69) is 4.98 Å². The molecule has 0 radical (unpaired) electrons.